The van der Waals surface area contributed by atoms with E-state index in [1.54, 1.807) is 29.7 Å². The minimum atomic E-state index is -4.65. The van der Waals surface area contributed by atoms with Gasteiger partial charge in [0.25, 0.3) is 0 Å². The fraction of sp³-hybridized carbons (Fsp3) is 0.333. The molecule has 1 rings (SSSR count). The van der Waals surface area contributed by atoms with Gasteiger partial charge in [0.2, 0.25) is 11.8 Å². The molecule has 2 amide bonds. The molecule has 0 aromatic heterocycles. The summed E-state index contributed by atoms with van der Waals surface area (Å²) in [5, 5.41) is 0.553. The Morgan fingerprint density at radius 3 is 2.33 bits per heavy atom. The average molecular weight is 341 g/mol. The maximum absolute atomic E-state index is 12.2. The number of halogens is 4. The smallest absolute Gasteiger partial charge is 0.273 e. The van der Waals surface area contributed by atoms with Crippen LogP contribution in [0.4, 0.5) is 13.2 Å². The molecule has 0 spiro atoms. The molecule has 0 aliphatic heterocycles. The van der Waals surface area contributed by atoms with Crippen LogP contribution in [0.1, 0.15) is 6.92 Å². The predicted octanol–water partition coefficient (Wildman–Crippen LogP) is 2.78. The number of carbonyl (C=O) groups is 2. The summed E-state index contributed by atoms with van der Waals surface area (Å²) in [6, 6.07) is 6.69. The van der Waals surface area contributed by atoms with E-state index >= 15 is 0 Å². The number of thioether (sulfide) groups is 1. The third-order valence-electron chi connectivity index (χ3n) is 2.39. The van der Waals surface area contributed by atoms with Crippen LogP contribution in [0.2, 0.25) is 5.02 Å². The van der Waals surface area contributed by atoms with Gasteiger partial charge >= 0.3 is 6.18 Å². The topological polar surface area (TPSA) is 58.2 Å². The second-order valence-electron chi connectivity index (χ2n) is 4.04. The lowest BCUT2D eigenvalue weighted by atomic mass is 10.1. The zero-order chi connectivity index (χ0) is 16.0. The molecule has 21 heavy (non-hydrogen) atoms. The van der Waals surface area contributed by atoms with Crippen molar-refractivity contribution in [2.45, 2.75) is 18.0 Å². The standard InChI is InChI=1S/C12H12ClF3N2O2S/c1-7(12(14,15)16)11(20)18-17-10(19)6-21-9-4-2-8(13)3-5-9/h2-5,7H,6H2,1H3,(H,17,19)(H,18,20). The number of amides is 2. The van der Waals surface area contributed by atoms with Gasteiger partial charge in [-0.1, -0.05) is 11.6 Å². The molecule has 0 aliphatic rings. The van der Waals surface area contributed by atoms with Crippen LogP contribution in [0.25, 0.3) is 0 Å². The Bertz CT molecular complexity index is 508. The molecule has 0 fully saturated rings. The number of hydrogen-bond acceptors (Lipinski definition) is 3. The highest BCUT2D eigenvalue weighted by atomic mass is 35.5. The molecule has 1 aromatic rings. The van der Waals surface area contributed by atoms with Gasteiger partial charge in [0, 0.05) is 9.92 Å². The second kappa shape index (κ2) is 7.56. The van der Waals surface area contributed by atoms with E-state index in [-0.39, 0.29) is 5.75 Å². The number of nitrogens with one attached hydrogen (secondary N) is 2. The Hall–Kier alpha value is -1.41. The molecule has 0 saturated carbocycles. The van der Waals surface area contributed by atoms with Crippen molar-refractivity contribution < 1.29 is 22.8 Å². The van der Waals surface area contributed by atoms with E-state index < -0.39 is 23.9 Å². The Labute approximate surface area is 128 Å². The van der Waals surface area contributed by atoms with Gasteiger partial charge in [-0.05, 0) is 31.2 Å². The first-order valence-electron chi connectivity index (χ1n) is 5.74. The van der Waals surface area contributed by atoms with E-state index in [9.17, 15) is 22.8 Å². The molecule has 1 unspecified atom stereocenters. The van der Waals surface area contributed by atoms with Gasteiger partial charge in [-0.3, -0.25) is 20.4 Å². The Morgan fingerprint density at radius 2 is 1.81 bits per heavy atom. The van der Waals surface area contributed by atoms with Crippen molar-refractivity contribution in [3.63, 3.8) is 0 Å². The van der Waals surface area contributed by atoms with E-state index in [0.717, 1.165) is 16.7 Å². The summed E-state index contributed by atoms with van der Waals surface area (Å²) in [6.07, 6.45) is -4.65. The lowest BCUT2D eigenvalue weighted by Gasteiger charge is -2.15. The van der Waals surface area contributed by atoms with Crippen LogP contribution in [0.15, 0.2) is 29.2 Å². The number of hydrogen-bond donors (Lipinski definition) is 2. The fourth-order valence-electron chi connectivity index (χ4n) is 1.10. The summed E-state index contributed by atoms with van der Waals surface area (Å²) < 4.78 is 36.7. The van der Waals surface area contributed by atoms with Gasteiger partial charge in [0.05, 0.1) is 5.75 Å². The summed E-state index contributed by atoms with van der Waals surface area (Å²) in [7, 11) is 0. The summed E-state index contributed by atoms with van der Waals surface area (Å²) in [6.45, 7) is 0.712. The molecule has 1 atom stereocenters. The van der Waals surface area contributed by atoms with Crippen LogP contribution in [0, 0.1) is 5.92 Å². The fourth-order valence-corrected chi connectivity index (χ4v) is 1.93. The highest BCUT2D eigenvalue weighted by molar-refractivity contribution is 8.00. The van der Waals surface area contributed by atoms with E-state index in [2.05, 4.69) is 0 Å². The van der Waals surface area contributed by atoms with Crippen molar-refractivity contribution in [1.29, 1.82) is 0 Å². The van der Waals surface area contributed by atoms with E-state index in [0.29, 0.717) is 11.9 Å². The Balaban J connectivity index is 2.34. The van der Waals surface area contributed by atoms with E-state index in [1.807, 2.05) is 5.43 Å². The molecule has 0 saturated heterocycles. The van der Waals surface area contributed by atoms with Crippen LogP contribution in [0.3, 0.4) is 0 Å². The molecular weight excluding hydrogens is 329 g/mol. The van der Waals surface area contributed by atoms with E-state index in [1.165, 1.54) is 0 Å². The van der Waals surface area contributed by atoms with Crippen LogP contribution < -0.4 is 10.9 Å². The maximum atomic E-state index is 12.2. The first kappa shape index (κ1) is 17.6. The third kappa shape index (κ3) is 6.26. The largest absolute Gasteiger partial charge is 0.400 e. The number of benzene rings is 1. The summed E-state index contributed by atoms with van der Waals surface area (Å²) >= 11 is 6.86. The number of hydrazine groups is 1. The third-order valence-corrected chi connectivity index (χ3v) is 3.66. The summed E-state index contributed by atoms with van der Waals surface area (Å²) in [5.41, 5.74) is 3.67. The van der Waals surface area contributed by atoms with Gasteiger partial charge in [-0.25, -0.2) is 0 Å². The van der Waals surface area contributed by atoms with Crippen molar-refractivity contribution in [3.8, 4) is 0 Å². The zero-order valence-corrected chi connectivity index (χ0v) is 12.4. The summed E-state index contributed by atoms with van der Waals surface area (Å²) in [4.78, 5) is 23.3. The molecule has 0 bridgehead atoms. The van der Waals surface area contributed by atoms with E-state index in [4.69, 9.17) is 11.6 Å². The van der Waals surface area contributed by atoms with Crippen LogP contribution in [-0.4, -0.2) is 23.7 Å². The number of carbonyl (C=O) groups excluding carboxylic acids is 2. The molecule has 9 heteroatoms. The molecule has 0 radical (unpaired) electrons. The quantitative estimate of drug-likeness (QED) is 0.654. The maximum Gasteiger partial charge on any atom is 0.400 e. The minimum Gasteiger partial charge on any atom is -0.273 e. The number of rotatable bonds is 4. The molecule has 4 nitrogen and oxygen atoms in total. The molecule has 1 aromatic carbocycles. The van der Waals surface area contributed by atoms with Crippen molar-refractivity contribution in [2.75, 3.05) is 5.75 Å². The van der Waals surface area contributed by atoms with Gasteiger partial charge in [-0.2, -0.15) is 13.2 Å². The first-order valence-corrected chi connectivity index (χ1v) is 7.10. The molecule has 116 valence electrons. The number of alkyl halides is 3. The van der Waals surface area contributed by atoms with Crippen molar-refractivity contribution in [2.24, 2.45) is 5.92 Å². The minimum absolute atomic E-state index is 0.0533. The van der Waals surface area contributed by atoms with Crippen LogP contribution in [-0.2, 0) is 9.59 Å². The monoisotopic (exact) mass is 340 g/mol. The highest BCUT2D eigenvalue weighted by Gasteiger charge is 2.41. The normalized spacial score (nSPS) is 12.6. The Morgan fingerprint density at radius 1 is 1.24 bits per heavy atom. The first-order chi connectivity index (χ1) is 9.70. The van der Waals surface area contributed by atoms with Gasteiger partial charge < -0.3 is 0 Å². The van der Waals surface area contributed by atoms with Crippen LogP contribution >= 0.6 is 23.4 Å². The van der Waals surface area contributed by atoms with Crippen molar-refractivity contribution >= 4 is 35.2 Å². The average Bonchev–Trinajstić information content (AvgIpc) is 2.42. The second-order valence-corrected chi connectivity index (χ2v) is 5.53. The molecule has 0 heterocycles. The highest BCUT2D eigenvalue weighted by Crippen LogP contribution is 2.25. The lowest BCUT2D eigenvalue weighted by molar-refractivity contribution is -0.179. The zero-order valence-electron chi connectivity index (χ0n) is 10.8. The van der Waals surface area contributed by atoms with Gasteiger partial charge in [0.15, 0.2) is 0 Å². The molecule has 2 N–H and O–H groups in total. The van der Waals surface area contributed by atoms with Crippen molar-refractivity contribution in [3.05, 3.63) is 29.3 Å². The van der Waals surface area contributed by atoms with Gasteiger partial charge in [-0.15, -0.1) is 11.8 Å². The summed E-state index contributed by atoms with van der Waals surface area (Å²) in [5.74, 6) is -4.17. The molecular formula is C12H12ClF3N2O2S. The van der Waals surface area contributed by atoms with Gasteiger partial charge in [0.1, 0.15) is 5.92 Å². The van der Waals surface area contributed by atoms with Crippen molar-refractivity contribution in [1.82, 2.24) is 10.9 Å². The lowest BCUT2D eigenvalue weighted by Crippen LogP contribution is -2.47. The molecule has 0 aliphatic carbocycles. The Kier molecular flexibility index (Phi) is 6.35. The SMILES string of the molecule is CC(C(=O)NNC(=O)CSc1ccc(Cl)cc1)C(F)(F)F. The van der Waals surface area contributed by atoms with Crippen LogP contribution in [0.5, 0.6) is 0 Å². The predicted molar refractivity (Wildman–Crippen MR) is 73.7 cm³/mol.